The number of nitrogens with zero attached hydrogens (tertiary/aromatic N) is 1. The first-order valence-corrected chi connectivity index (χ1v) is 3.47. The Labute approximate surface area is 76.7 Å². The largest absolute Gasteiger partial charge is 0.383 e. The van der Waals surface area contributed by atoms with Gasteiger partial charge in [0.25, 0.3) is 12.3 Å². The first-order chi connectivity index (χ1) is 6.43. The highest BCUT2D eigenvalue weighted by Gasteiger charge is 2.19. The van der Waals surface area contributed by atoms with Gasteiger partial charge in [0.15, 0.2) is 11.5 Å². The number of nitrogen functional groups attached to an aromatic ring is 1. The van der Waals surface area contributed by atoms with Crippen LogP contribution in [0.15, 0.2) is 6.07 Å². The van der Waals surface area contributed by atoms with E-state index in [9.17, 15) is 18.0 Å². The lowest BCUT2D eigenvalue weighted by Gasteiger charge is -2.05. The van der Waals surface area contributed by atoms with E-state index in [0.29, 0.717) is 6.07 Å². The summed E-state index contributed by atoms with van der Waals surface area (Å²) in [5, 5.41) is 0. The van der Waals surface area contributed by atoms with Crippen molar-refractivity contribution in [2.45, 2.75) is 6.43 Å². The molecule has 0 saturated carbocycles. The Morgan fingerprint density at radius 2 is 2.07 bits per heavy atom. The molecule has 0 spiro atoms. The van der Waals surface area contributed by atoms with E-state index in [2.05, 4.69) is 4.98 Å². The number of alkyl halides is 2. The molecule has 1 heterocycles. The molecule has 0 saturated heterocycles. The number of nitrogens with two attached hydrogens (primary N) is 2. The number of amides is 1. The number of hydrogen-bond donors (Lipinski definition) is 2. The van der Waals surface area contributed by atoms with Crippen molar-refractivity contribution in [1.29, 1.82) is 0 Å². The summed E-state index contributed by atoms with van der Waals surface area (Å²) in [6.45, 7) is 0. The smallest absolute Gasteiger partial charge is 0.270 e. The van der Waals surface area contributed by atoms with Crippen molar-refractivity contribution in [3.8, 4) is 0 Å². The van der Waals surface area contributed by atoms with Crippen LogP contribution in [0.5, 0.6) is 0 Å². The number of anilines is 1. The van der Waals surface area contributed by atoms with Crippen molar-refractivity contribution in [2.24, 2.45) is 5.73 Å². The van der Waals surface area contributed by atoms with Gasteiger partial charge in [-0.1, -0.05) is 0 Å². The van der Waals surface area contributed by atoms with Gasteiger partial charge in [0.05, 0.1) is 5.56 Å². The zero-order valence-electron chi connectivity index (χ0n) is 6.80. The van der Waals surface area contributed by atoms with Crippen LogP contribution in [0.25, 0.3) is 0 Å². The average Bonchev–Trinajstić information content (AvgIpc) is 2.07. The van der Waals surface area contributed by atoms with Crippen LogP contribution in [-0.2, 0) is 0 Å². The number of halogens is 3. The molecule has 4 N–H and O–H groups in total. The molecule has 0 atom stereocenters. The highest BCUT2D eigenvalue weighted by molar-refractivity contribution is 5.91. The molecule has 0 bridgehead atoms. The Morgan fingerprint density at radius 1 is 1.50 bits per heavy atom. The third-order valence-corrected chi connectivity index (χ3v) is 1.50. The lowest BCUT2D eigenvalue weighted by Crippen LogP contribution is -2.17. The fraction of sp³-hybridized carbons (Fsp3) is 0.143. The molecule has 1 amide bonds. The van der Waals surface area contributed by atoms with Gasteiger partial charge in [0.2, 0.25) is 0 Å². The van der Waals surface area contributed by atoms with Crippen LogP contribution in [-0.4, -0.2) is 10.9 Å². The lowest BCUT2D eigenvalue weighted by molar-refractivity contribution is 0.0990. The zero-order chi connectivity index (χ0) is 10.9. The van der Waals surface area contributed by atoms with Crippen LogP contribution in [0.1, 0.15) is 22.5 Å². The van der Waals surface area contributed by atoms with E-state index in [1.165, 1.54) is 0 Å². The standard InChI is InChI=1S/C7H6F3N3O/c8-3-1-2(5(9)10)6(11)13-4(3)7(12)14/h1,5H,(H2,11,13)(H2,12,14). The van der Waals surface area contributed by atoms with Crippen molar-refractivity contribution in [2.75, 3.05) is 5.73 Å². The number of hydrogen-bond acceptors (Lipinski definition) is 3. The van der Waals surface area contributed by atoms with Crippen molar-refractivity contribution in [3.63, 3.8) is 0 Å². The summed E-state index contributed by atoms with van der Waals surface area (Å²) < 4.78 is 37.2. The Kier molecular flexibility index (Phi) is 2.59. The van der Waals surface area contributed by atoms with Crippen LogP contribution in [0.3, 0.4) is 0 Å². The number of primary amides is 1. The van der Waals surface area contributed by atoms with E-state index in [1.54, 1.807) is 0 Å². The molecule has 0 fully saturated rings. The van der Waals surface area contributed by atoms with E-state index in [4.69, 9.17) is 11.5 Å². The predicted molar refractivity (Wildman–Crippen MR) is 42.1 cm³/mol. The van der Waals surface area contributed by atoms with Gasteiger partial charge in [-0.15, -0.1) is 0 Å². The van der Waals surface area contributed by atoms with Gasteiger partial charge in [-0.2, -0.15) is 0 Å². The monoisotopic (exact) mass is 205 g/mol. The molecule has 0 radical (unpaired) electrons. The van der Waals surface area contributed by atoms with Gasteiger partial charge < -0.3 is 11.5 Å². The maximum absolute atomic E-state index is 12.9. The maximum atomic E-state index is 12.9. The highest BCUT2D eigenvalue weighted by atomic mass is 19.3. The summed E-state index contributed by atoms with van der Waals surface area (Å²) >= 11 is 0. The maximum Gasteiger partial charge on any atom is 0.270 e. The van der Waals surface area contributed by atoms with Gasteiger partial charge in [-0.3, -0.25) is 4.79 Å². The minimum Gasteiger partial charge on any atom is -0.383 e. The molecule has 4 nitrogen and oxygen atoms in total. The zero-order valence-corrected chi connectivity index (χ0v) is 6.80. The second-order valence-corrected chi connectivity index (χ2v) is 2.46. The Morgan fingerprint density at radius 3 is 2.50 bits per heavy atom. The van der Waals surface area contributed by atoms with Crippen LogP contribution in [0.4, 0.5) is 19.0 Å². The molecule has 0 unspecified atom stereocenters. The van der Waals surface area contributed by atoms with E-state index in [-0.39, 0.29) is 0 Å². The average molecular weight is 205 g/mol. The van der Waals surface area contributed by atoms with Crippen LogP contribution >= 0.6 is 0 Å². The first-order valence-electron chi connectivity index (χ1n) is 3.47. The third-order valence-electron chi connectivity index (χ3n) is 1.50. The van der Waals surface area contributed by atoms with Gasteiger partial charge in [-0.05, 0) is 6.07 Å². The minimum absolute atomic E-state index is 0.451. The SMILES string of the molecule is NC(=O)c1nc(N)c(C(F)F)cc1F. The molecule has 76 valence electrons. The third kappa shape index (κ3) is 1.76. The molecule has 0 aliphatic carbocycles. The molecule has 1 rings (SSSR count). The number of carbonyl (C=O) groups is 1. The van der Waals surface area contributed by atoms with E-state index < -0.39 is 35.2 Å². The van der Waals surface area contributed by atoms with Crippen molar-refractivity contribution in [1.82, 2.24) is 4.98 Å². The van der Waals surface area contributed by atoms with Crippen molar-refractivity contribution >= 4 is 11.7 Å². The summed E-state index contributed by atoms with van der Waals surface area (Å²) in [5.74, 6) is -2.97. The summed E-state index contributed by atoms with van der Waals surface area (Å²) in [6.07, 6.45) is -2.95. The first kappa shape index (κ1) is 10.3. The summed E-state index contributed by atoms with van der Waals surface area (Å²) in [5.41, 5.74) is 8.29. The fourth-order valence-electron chi connectivity index (χ4n) is 0.865. The van der Waals surface area contributed by atoms with Gasteiger partial charge >= 0.3 is 0 Å². The van der Waals surface area contributed by atoms with E-state index >= 15 is 0 Å². The molecular formula is C7H6F3N3O. The van der Waals surface area contributed by atoms with Gasteiger partial charge in [-0.25, -0.2) is 18.2 Å². The fourth-order valence-corrected chi connectivity index (χ4v) is 0.865. The van der Waals surface area contributed by atoms with Crippen molar-refractivity contribution < 1.29 is 18.0 Å². The van der Waals surface area contributed by atoms with Crippen LogP contribution < -0.4 is 11.5 Å². The number of aromatic nitrogens is 1. The topological polar surface area (TPSA) is 82.0 Å². The van der Waals surface area contributed by atoms with Gasteiger partial charge in [0.1, 0.15) is 5.82 Å². The number of rotatable bonds is 2. The Balaban J connectivity index is 3.31. The molecule has 0 aliphatic rings. The van der Waals surface area contributed by atoms with Crippen molar-refractivity contribution in [3.05, 3.63) is 23.1 Å². The molecular weight excluding hydrogens is 199 g/mol. The normalized spacial score (nSPS) is 10.6. The molecule has 14 heavy (non-hydrogen) atoms. The second kappa shape index (κ2) is 3.52. The van der Waals surface area contributed by atoms with Crippen LogP contribution in [0, 0.1) is 5.82 Å². The summed E-state index contributed by atoms with van der Waals surface area (Å²) in [4.78, 5) is 13.7. The quantitative estimate of drug-likeness (QED) is 0.750. The molecule has 7 heteroatoms. The summed E-state index contributed by atoms with van der Waals surface area (Å²) in [6, 6.07) is 0.451. The molecule has 1 aromatic rings. The van der Waals surface area contributed by atoms with Crippen LogP contribution in [0.2, 0.25) is 0 Å². The minimum atomic E-state index is -2.95. The second-order valence-electron chi connectivity index (χ2n) is 2.46. The predicted octanol–water partition coefficient (Wildman–Crippen LogP) is 0.839. The summed E-state index contributed by atoms with van der Waals surface area (Å²) in [7, 11) is 0. The number of pyridine rings is 1. The molecule has 1 aromatic heterocycles. The highest BCUT2D eigenvalue weighted by Crippen LogP contribution is 2.24. The Hall–Kier alpha value is -1.79. The van der Waals surface area contributed by atoms with E-state index in [0.717, 1.165) is 0 Å². The molecule has 0 aromatic carbocycles. The molecule has 0 aliphatic heterocycles. The lowest BCUT2D eigenvalue weighted by atomic mass is 10.2. The van der Waals surface area contributed by atoms with Gasteiger partial charge in [0, 0.05) is 0 Å². The van der Waals surface area contributed by atoms with E-state index in [1.807, 2.05) is 0 Å². The number of carbonyl (C=O) groups excluding carboxylic acids is 1. The Bertz CT molecular complexity index is 381.